The molecule has 3 rings (SSSR count). The number of non-ortho nitro benzene ring substituents is 1. The van der Waals surface area contributed by atoms with Crippen LogP contribution in [-0.4, -0.2) is 19.5 Å². The third-order valence-corrected chi connectivity index (χ3v) is 4.62. The van der Waals surface area contributed by atoms with Crippen molar-refractivity contribution in [1.29, 1.82) is 0 Å². The molecule has 1 atom stereocenters. The van der Waals surface area contributed by atoms with Crippen LogP contribution in [0.5, 0.6) is 0 Å². The van der Waals surface area contributed by atoms with Crippen LogP contribution in [0.1, 0.15) is 26.1 Å². The quantitative estimate of drug-likeness (QED) is 0.559. The summed E-state index contributed by atoms with van der Waals surface area (Å²) in [5.41, 5.74) is 0.252. The van der Waals surface area contributed by atoms with Gasteiger partial charge in [0.1, 0.15) is 0 Å². The van der Waals surface area contributed by atoms with Gasteiger partial charge in [-0.3, -0.25) is 14.9 Å². The number of aromatic nitrogens is 3. The molecule has 0 amide bonds. The van der Waals surface area contributed by atoms with E-state index < -0.39 is 10.5 Å². The van der Waals surface area contributed by atoms with Crippen LogP contribution < -0.4 is 10.9 Å². The zero-order valence-corrected chi connectivity index (χ0v) is 14.8. The van der Waals surface area contributed by atoms with Crippen LogP contribution in [0, 0.1) is 10.1 Å². The standard InChI is InChI=1S/C18H19N5O3/c1-4-18(2,17-19-8-5-9-20-17)21-14-11-16(24)22(3)15-7-6-12(23(25)26)10-13(14)15/h5-11,21H,4H2,1-3H3. The fourth-order valence-corrected chi connectivity index (χ4v) is 2.85. The Balaban J connectivity index is 2.20. The number of nitro benzene ring substituents is 1. The molecule has 2 aromatic heterocycles. The first-order valence-corrected chi connectivity index (χ1v) is 8.19. The smallest absolute Gasteiger partial charge is 0.270 e. The van der Waals surface area contributed by atoms with Crippen LogP contribution in [0.15, 0.2) is 47.5 Å². The molecule has 134 valence electrons. The second-order valence-electron chi connectivity index (χ2n) is 6.30. The molecule has 3 aromatic rings. The molecule has 1 N–H and O–H groups in total. The van der Waals surface area contributed by atoms with E-state index in [1.165, 1.54) is 22.8 Å². The molecule has 0 aliphatic rings. The van der Waals surface area contributed by atoms with Gasteiger partial charge in [-0.05, 0) is 25.5 Å². The molecular formula is C18H19N5O3. The largest absolute Gasteiger partial charge is 0.372 e. The summed E-state index contributed by atoms with van der Waals surface area (Å²) in [6.07, 6.45) is 3.97. The fraction of sp³-hybridized carbons (Fsp3) is 0.278. The van der Waals surface area contributed by atoms with Crippen molar-refractivity contribution in [1.82, 2.24) is 14.5 Å². The second kappa shape index (κ2) is 6.55. The van der Waals surface area contributed by atoms with E-state index in [2.05, 4.69) is 15.3 Å². The molecule has 0 bridgehead atoms. The Kier molecular flexibility index (Phi) is 4.41. The number of pyridine rings is 1. The first kappa shape index (κ1) is 17.5. The van der Waals surface area contributed by atoms with Crippen LogP contribution in [0.2, 0.25) is 0 Å². The number of fused-ring (bicyclic) bond motifs is 1. The van der Waals surface area contributed by atoms with Crippen LogP contribution >= 0.6 is 0 Å². The summed E-state index contributed by atoms with van der Waals surface area (Å²) in [6, 6.07) is 7.63. The molecule has 0 saturated heterocycles. The van der Waals surface area contributed by atoms with Crippen molar-refractivity contribution in [2.24, 2.45) is 7.05 Å². The van der Waals surface area contributed by atoms with Gasteiger partial charge in [-0.2, -0.15) is 0 Å². The Morgan fingerprint density at radius 1 is 1.27 bits per heavy atom. The molecule has 0 radical (unpaired) electrons. The molecule has 8 heteroatoms. The number of benzene rings is 1. The molecule has 0 saturated carbocycles. The second-order valence-corrected chi connectivity index (χ2v) is 6.30. The van der Waals surface area contributed by atoms with E-state index in [4.69, 9.17) is 0 Å². The number of anilines is 1. The number of nitrogens with zero attached hydrogens (tertiary/aromatic N) is 4. The van der Waals surface area contributed by atoms with Crippen molar-refractivity contribution >= 4 is 22.3 Å². The van der Waals surface area contributed by atoms with Gasteiger partial charge in [0.2, 0.25) is 0 Å². The van der Waals surface area contributed by atoms with Gasteiger partial charge in [-0.15, -0.1) is 0 Å². The minimum absolute atomic E-state index is 0.0339. The van der Waals surface area contributed by atoms with Crippen molar-refractivity contribution in [2.75, 3.05) is 5.32 Å². The number of rotatable bonds is 5. The lowest BCUT2D eigenvalue weighted by atomic mass is 9.96. The fourth-order valence-electron chi connectivity index (χ4n) is 2.85. The van der Waals surface area contributed by atoms with Gasteiger partial charge in [-0.1, -0.05) is 6.92 Å². The molecule has 1 unspecified atom stereocenters. The van der Waals surface area contributed by atoms with Gasteiger partial charge >= 0.3 is 0 Å². The Bertz CT molecular complexity index is 1030. The zero-order valence-electron chi connectivity index (χ0n) is 14.8. The zero-order chi connectivity index (χ0) is 18.9. The summed E-state index contributed by atoms with van der Waals surface area (Å²) in [6.45, 7) is 3.91. The summed E-state index contributed by atoms with van der Waals surface area (Å²) < 4.78 is 1.46. The maximum atomic E-state index is 12.3. The highest BCUT2D eigenvalue weighted by molar-refractivity contribution is 5.93. The molecule has 0 spiro atoms. The van der Waals surface area contributed by atoms with E-state index in [0.29, 0.717) is 28.8 Å². The van der Waals surface area contributed by atoms with Crippen LogP contribution in [0.3, 0.4) is 0 Å². The van der Waals surface area contributed by atoms with E-state index in [0.717, 1.165) is 0 Å². The molecule has 0 fully saturated rings. The SMILES string of the molecule is CCC(C)(Nc1cc(=O)n(C)c2ccc([N+](=O)[O-])cc12)c1ncccn1. The van der Waals surface area contributed by atoms with E-state index >= 15 is 0 Å². The molecule has 26 heavy (non-hydrogen) atoms. The summed E-state index contributed by atoms with van der Waals surface area (Å²) >= 11 is 0. The lowest BCUT2D eigenvalue weighted by Crippen LogP contribution is -2.34. The normalized spacial score (nSPS) is 13.3. The number of hydrogen-bond donors (Lipinski definition) is 1. The van der Waals surface area contributed by atoms with Crippen molar-refractivity contribution in [3.63, 3.8) is 0 Å². The summed E-state index contributed by atoms with van der Waals surface area (Å²) in [7, 11) is 1.64. The van der Waals surface area contributed by atoms with Gasteiger partial charge in [0, 0.05) is 43.0 Å². The average molecular weight is 353 g/mol. The van der Waals surface area contributed by atoms with Crippen molar-refractivity contribution < 1.29 is 4.92 Å². The Hall–Kier alpha value is -3.29. The molecule has 2 heterocycles. The maximum absolute atomic E-state index is 12.3. The minimum Gasteiger partial charge on any atom is -0.372 e. The highest BCUT2D eigenvalue weighted by atomic mass is 16.6. The highest BCUT2D eigenvalue weighted by Crippen LogP contribution is 2.32. The Labute approximate surface area is 149 Å². The summed E-state index contributed by atoms with van der Waals surface area (Å²) in [5, 5.41) is 15.1. The monoisotopic (exact) mass is 353 g/mol. The maximum Gasteiger partial charge on any atom is 0.270 e. The predicted octanol–water partition coefficient (Wildman–Crippen LogP) is 2.97. The lowest BCUT2D eigenvalue weighted by Gasteiger charge is -2.29. The molecule has 0 aliphatic heterocycles. The first-order valence-electron chi connectivity index (χ1n) is 8.19. The van der Waals surface area contributed by atoms with Crippen LogP contribution in [0.25, 0.3) is 10.9 Å². The number of nitrogens with one attached hydrogen (secondary N) is 1. The lowest BCUT2D eigenvalue weighted by molar-refractivity contribution is -0.384. The predicted molar refractivity (Wildman–Crippen MR) is 99.1 cm³/mol. The third-order valence-electron chi connectivity index (χ3n) is 4.62. The molecule has 1 aromatic carbocycles. The van der Waals surface area contributed by atoms with Crippen molar-refractivity contribution in [3.8, 4) is 0 Å². The van der Waals surface area contributed by atoms with Gasteiger partial charge < -0.3 is 9.88 Å². The van der Waals surface area contributed by atoms with Gasteiger partial charge in [0.05, 0.1) is 21.7 Å². The van der Waals surface area contributed by atoms with E-state index in [9.17, 15) is 14.9 Å². The van der Waals surface area contributed by atoms with Gasteiger partial charge in [0.15, 0.2) is 5.82 Å². The molecule has 8 nitrogen and oxygen atoms in total. The summed E-state index contributed by atoms with van der Waals surface area (Å²) in [5.74, 6) is 0.585. The number of nitro groups is 1. The third kappa shape index (κ3) is 3.01. The Morgan fingerprint density at radius 2 is 1.96 bits per heavy atom. The topological polar surface area (TPSA) is 103 Å². The van der Waals surface area contributed by atoms with E-state index in [-0.39, 0.29) is 11.2 Å². The molecule has 0 aliphatic carbocycles. The van der Waals surface area contributed by atoms with Crippen molar-refractivity contribution in [3.05, 3.63) is 69.0 Å². The summed E-state index contributed by atoms with van der Waals surface area (Å²) in [4.78, 5) is 31.7. The van der Waals surface area contributed by atoms with Crippen LogP contribution in [-0.2, 0) is 12.6 Å². The number of hydrogen-bond acceptors (Lipinski definition) is 6. The van der Waals surface area contributed by atoms with Gasteiger partial charge in [-0.25, -0.2) is 9.97 Å². The molecular weight excluding hydrogens is 334 g/mol. The van der Waals surface area contributed by atoms with Crippen molar-refractivity contribution in [2.45, 2.75) is 25.8 Å². The first-order chi connectivity index (χ1) is 12.4. The van der Waals surface area contributed by atoms with E-state index in [1.54, 1.807) is 31.6 Å². The minimum atomic E-state index is -0.634. The van der Waals surface area contributed by atoms with Gasteiger partial charge in [0.25, 0.3) is 11.2 Å². The van der Waals surface area contributed by atoms with E-state index in [1.807, 2.05) is 13.8 Å². The average Bonchev–Trinajstić information content (AvgIpc) is 2.66. The highest BCUT2D eigenvalue weighted by Gasteiger charge is 2.28. The van der Waals surface area contributed by atoms with Crippen LogP contribution in [0.4, 0.5) is 11.4 Å². The Morgan fingerprint density at radius 3 is 2.58 bits per heavy atom. The number of aryl methyl sites for hydroxylation is 1.